The Morgan fingerprint density at radius 1 is 1.00 bits per heavy atom. The molecule has 2 rings (SSSR count). The van der Waals surface area contributed by atoms with E-state index in [1.165, 1.54) is 5.56 Å². The van der Waals surface area contributed by atoms with Crippen LogP contribution in [0.4, 0.5) is 5.69 Å². The monoisotopic (exact) mass is 241 g/mol. The van der Waals surface area contributed by atoms with Gasteiger partial charge < -0.3 is 10.4 Å². The number of phenolic OH excluding ortho intramolecular Hbond substituents is 1. The standard InChI is InChI=1S/C16H19NO/c1-11-5-4-6-14(9-11)17-13(3)15-8-7-12(2)10-16(15)18/h4-10,13,17-18H,1-3H3. The Bertz CT molecular complexity index is 549. The lowest BCUT2D eigenvalue weighted by Crippen LogP contribution is -2.07. The second-order valence-electron chi connectivity index (χ2n) is 4.80. The second kappa shape index (κ2) is 5.13. The van der Waals surface area contributed by atoms with Gasteiger partial charge in [-0.3, -0.25) is 0 Å². The van der Waals surface area contributed by atoms with Crippen molar-refractivity contribution in [2.45, 2.75) is 26.8 Å². The molecule has 94 valence electrons. The van der Waals surface area contributed by atoms with Gasteiger partial charge in [0.05, 0.1) is 6.04 Å². The van der Waals surface area contributed by atoms with Crippen molar-refractivity contribution < 1.29 is 5.11 Å². The molecular weight excluding hydrogens is 222 g/mol. The van der Waals surface area contributed by atoms with Crippen molar-refractivity contribution >= 4 is 5.69 Å². The zero-order valence-corrected chi connectivity index (χ0v) is 11.1. The molecule has 0 aromatic heterocycles. The van der Waals surface area contributed by atoms with Crippen molar-refractivity contribution in [3.05, 3.63) is 59.2 Å². The predicted octanol–water partition coefficient (Wildman–Crippen LogP) is 4.18. The number of aromatic hydroxyl groups is 1. The molecule has 2 heteroatoms. The minimum absolute atomic E-state index is 0.0763. The highest BCUT2D eigenvalue weighted by molar-refractivity contribution is 5.49. The summed E-state index contributed by atoms with van der Waals surface area (Å²) in [7, 11) is 0. The Hall–Kier alpha value is -1.96. The van der Waals surface area contributed by atoms with E-state index in [1.54, 1.807) is 6.07 Å². The number of phenols is 1. The Morgan fingerprint density at radius 2 is 1.72 bits per heavy atom. The molecule has 0 aliphatic rings. The molecule has 0 spiro atoms. The van der Waals surface area contributed by atoms with Gasteiger partial charge in [0.2, 0.25) is 0 Å². The summed E-state index contributed by atoms with van der Waals surface area (Å²) in [5.74, 6) is 0.350. The van der Waals surface area contributed by atoms with Crippen molar-refractivity contribution in [2.24, 2.45) is 0 Å². The minimum atomic E-state index is 0.0763. The Morgan fingerprint density at radius 3 is 2.39 bits per heavy atom. The summed E-state index contributed by atoms with van der Waals surface area (Å²) in [6.07, 6.45) is 0. The van der Waals surface area contributed by atoms with Gasteiger partial charge in [-0.15, -0.1) is 0 Å². The third-order valence-corrected chi connectivity index (χ3v) is 3.05. The Kier molecular flexibility index (Phi) is 3.56. The van der Waals surface area contributed by atoms with Gasteiger partial charge in [-0.1, -0.05) is 24.3 Å². The van der Waals surface area contributed by atoms with Gasteiger partial charge >= 0.3 is 0 Å². The molecule has 0 amide bonds. The number of hydrogen-bond acceptors (Lipinski definition) is 2. The molecule has 18 heavy (non-hydrogen) atoms. The lowest BCUT2D eigenvalue weighted by Gasteiger charge is -2.17. The quantitative estimate of drug-likeness (QED) is 0.844. The van der Waals surface area contributed by atoms with Crippen molar-refractivity contribution in [3.8, 4) is 5.75 Å². The van der Waals surface area contributed by atoms with Crippen LogP contribution in [0.3, 0.4) is 0 Å². The third-order valence-electron chi connectivity index (χ3n) is 3.05. The van der Waals surface area contributed by atoms with Crippen LogP contribution in [0.25, 0.3) is 0 Å². The molecule has 0 saturated heterocycles. The van der Waals surface area contributed by atoms with E-state index in [1.807, 2.05) is 38.1 Å². The maximum absolute atomic E-state index is 9.95. The lowest BCUT2D eigenvalue weighted by molar-refractivity contribution is 0.465. The SMILES string of the molecule is Cc1cccc(NC(C)c2ccc(C)cc2O)c1. The van der Waals surface area contributed by atoms with E-state index < -0.39 is 0 Å². The largest absolute Gasteiger partial charge is 0.508 e. The number of aryl methyl sites for hydroxylation is 2. The van der Waals surface area contributed by atoms with E-state index in [0.29, 0.717) is 5.75 Å². The topological polar surface area (TPSA) is 32.3 Å². The van der Waals surface area contributed by atoms with Crippen LogP contribution < -0.4 is 5.32 Å². The molecule has 0 heterocycles. The highest BCUT2D eigenvalue weighted by Gasteiger charge is 2.10. The molecule has 1 unspecified atom stereocenters. The summed E-state index contributed by atoms with van der Waals surface area (Å²) in [6, 6.07) is 14.1. The summed E-state index contributed by atoms with van der Waals surface area (Å²) in [4.78, 5) is 0. The summed E-state index contributed by atoms with van der Waals surface area (Å²) in [5.41, 5.74) is 4.28. The molecule has 0 saturated carbocycles. The van der Waals surface area contributed by atoms with Crippen LogP contribution in [0.2, 0.25) is 0 Å². The molecule has 0 fully saturated rings. The first-order valence-electron chi connectivity index (χ1n) is 6.19. The fourth-order valence-electron chi connectivity index (χ4n) is 2.08. The number of hydrogen-bond donors (Lipinski definition) is 2. The number of anilines is 1. The first kappa shape index (κ1) is 12.5. The van der Waals surface area contributed by atoms with Crippen LogP contribution in [0.15, 0.2) is 42.5 Å². The van der Waals surface area contributed by atoms with E-state index in [-0.39, 0.29) is 6.04 Å². The molecule has 0 radical (unpaired) electrons. The fraction of sp³-hybridized carbons (Fsp3) is 0.250. The van der Waals surface area contributed by atoms with Gasteiger partial charge in [0.1, 0.15) is 5.75 Å². The fourth-order valence-corrected chi connectivity index (χ4v) is 2.08. The van der Waals surface area contributed by atoms with Gasteiger partial charge in [-0.25, -0.2) is 0 Å². The highest BCUT2D eigenvalue weighted by atomic mass is 16.3. The van der Waals surface area contributed by atoms with Crippen LogP contribution in [0.1, 0.15) is 29.7 Å². The van der Waals surface area contributed by atoms with E-state index in [9.17, 15) is 5.11 Å². The minimum Gasteiger partial charge on any atom is -0.508 e. The van der Waals surface area contributed by atoms with E-state index >= 15 is 0 Å². The molecule has 0 aliphatic carbocycles. The summed E-state index contributed by atoms with van der Waals surface area (Å²) in [5, 5.41) is 13.4. The smallest absolute Gasteiger partial charge is 0.121 e. The van der Waals surface area contributed by atoms with E-state index in [4.69, 9.17) is 0 Å². The molecule has 2 aromatic rings. The van der Waals surface area contributed by atoms with Crippen molar-refractivity contribution in [1.82, 2.24) is 0 Å². The molecule has 1 atom stereocenters. The molecule has 2 nitrogen and oxygen atoms in total. The maximum Gasteiger partial charge on any atom is 0.121 e. The predicted molar refractivity (Wildman–Crippen MR) is 76.1 cm³/mol. The van der Waals surface area contributed by atoms with Crippen LogP contribution in [-0.4, -0.2) is 5.11 Å². The van der Waals surface area contributed by atoms with Gasteiger partial charge in [0.15, 0.2) is 0 Å². The van der Waals surface area contributed by atoms with Gasteiger partial charge in [0.25, 0.3) is 0 Å². The average molecular weight is 241 g/mol. The molecule has 2 aromatic carbocycles. The number of nitrogens with one attached hydrogen (secondary N) is 1. The van der Waals surface area contributed by atoms with Gasteiger partial charge in [-0.05, 0) is 50.1 Å². The third kappa shape index (κ3) is 2.83. The van der Waals surface area contributed by atoms with Crippen LogP contribution in [-0.2, 0) is 0 Å². The molecule has 0 bridgehead atoms. The lowest BCUT2D eigenvalue weighted by atomic mass is 10.0. The van der Waals surface area contributed by atoms with Crippen molar-refractivity contribution in [3.63, 3.8) is 0 Å². The Labute approximate surface area is 108 Å². The maximum atomic E-state index is 9.95. The van der Waals surface area contributed by atoms with Crippen LogP contribution >= 0.6 is 0 Å². The first-order chi connectivity index (χ1) is 8.56. The second-order valence-corrected chi connectivity index (χ2v) is 4.80. The number of benzene rings is 2. The van der Waals surface area contributed by atoms with Gasteiger partial charge in [-0.2, -0.15) is 0 Å². The first-order valence-corrected chi connectivity index (χ1v) is 6.19. The molecule has 2 N–H and O–H groups in total. The van der Waals surface area contributed by atoms with Crippen molar-refractivity contribution in [2.75, 3.05) is 5.32 Å². The average Bonchev–Trinajstić information content (AvgIpc) is 2.28. The van der Waals surface area contributed by atoms with Gasteiger partial charge in [0, 0.05) is 11.3 Å². The zero-order chi connectivity index (χ0) is 13.1. The summed E-state index contributed by atoms with van der Waals surface area (Å²) in [6.45, 7) is 6.09. The van der Waals surface area contributed by atoms with Crippen LogP contribution in [0.5, 0.6) is 5.75 Å². The zero-order valence-electron chi connectivity index (χ0n) is 11.1. The highest BCUT2D eigenvalue weighted by Crippen LogP contribution is 2.27. The normalized spacial score (nSPS) is 12.2. The summed E-state index contributed by atoms with van der Waals surface area (Å²) >= 11 is 0. The van der Waals surface area contributed by atoms with Crippen LogP contribution in [0, 0.1) is 13.8 Å². The van der Waals surface area contributed by atoms with Crippen molar-refractivity contribution in [1.29, 1.82) is 0 Å². The van der Waals surface area contributed by atoms with E-state index in [0.717, 1.165) is 16.8 Å². The van der Waals surface area contributed by atoms with E-state index in [2.05, 4.69) is 24.4 Å². The summed E-state index contributed by atoms with van der Waals surface area (Å²) < 4.78 is 0. The number of rotatable bonds is 3. The molecule has 0 aliphatic heterocycles. The molecular formula is C16H19NO. The Balaban J connectivity index is 2.19.